The molecule has 0 spiro atoms. The molecule has 0 heterocycles. The second-order valence-corrected chi connectivity index (χ2v) is 3.64. The molecule has 14 heavy (non-hydrogen) atoms. The highest BCUT2D eigenvalue weighted by atomic mass is 35.5. The Bertz CT molecular complexity index is 383. The van der Waals surface area contributed by atoms with Gasteiger partial charge < -0.3 is 4.74 Å². The number of carbonyl (C=O) groups is 1. The second kappa shape index (κ2) is 4.01. The van der Waals surface area contributed by atoms with E-state index in [-0.39, 0.29) is 5.78 Å². The molecule has 0 atom stereocenters. The van der Waals surface area contributed by atoms with E-state index in [0.29, 0.717) is 16.3 Å². The van der Waals surface area contributed by atoms with E-state index in [1.807, 2.05) is 13.8 Å². The summed E-state index contributed by atoms with van der Waals surface area (Å²) in [5.74, 6) is 0.568. The highest BCUT2D eigenvalue weighted by Crippen LogP contribution is 2.31. The molecule has 2 nitrogen and oxygen atoms in total. The van der Waals surface area contributed by atoms with Gasteiger partial charge in [0.2, 0.25) is 0 Å². The molecule has 0 aliphatic heterocycles. The van der Waals surface area contributed by atoms with Gasteiger partial charge in [0.25, 0.3) is 0 Å². The molecule has 0 amide bonds. The molecule has 3 heteroatoms. The number of hydrogen-bond donors (Lipinski definition) is 0. The predicted molar refractivity (Wildman–Crippen MR) is 57.5 cm³/mol. The lowest BCUT2D eigenvalue weighted by atomic mass is 10.0. The van der Waals surface area contributed by atoms with E-state index < -0.39 is 0 Å². The van der Waals surface area contributed by atoms with Crippen LogP contribution in [0, 0.1) is 13.8 Å². The average Bonchev–Trinajstić information content (AvgIpc) is 2.12. The molecule has 1 aromatic rings. The van der Waals surface area contributed by atoms with Gasteiger partial charge in [0.15, 0.2) is 5.78 Å². The average molecular weight is 213 g/mol. The summed E-state index contributed by atoms with van der Waals surface area (Å²) in [5, 5.41) is 0.635. The van der Waals surface area contributed by atoms with Crippen LogP contribution in [0.5, 0.6) is 5.75 Å². The van der Waals surface area contributed by atoms with E-state index in [1.54, 1.807) is 13.2 Å². The maximum Gasteiger partial charge on any atom is 0.163 e. The quantitative estimate of drug-likeness (QED) is 0.704. The van der Waals surface area contributed by atoms with Gasteiger partial charge in [-0.05, 0) is 38.0 Å². The van der Waals surface area contributed by atoms with Crippen LogP contribution in [0.1, 0.15) is 28.4 Å². The summed E-state index contributed by atoms with van der Waals surface area (Å²) in [4.78, 5) is 11.4. The van der Waals surface area contributed by atoms with Crippen molar-refractivity contribution in [2.24, 2.45) is 0 Å². The molecule has 0 bridgehead atoms. The fourth-order valence-electron chi connectivity index (χ4n) is 1.52. The number of benzene rings is 1. The van der Waals surface area contributed by atoms with Gasteiger partial charge in [-0.25, -0.2) is 0 Å². The number of rotatable bonds is 2. The molecule has 0 aromatic heterocycles. The first-order valence-corrected chi connectivity index (χ1v) is 4.71. The third kappa shape index (κ3) is 1.75. The number of ether oxygens (including phenoxy) is 1. The molecule has 0 N–H and O–H groups in total. The molecular weight excluding hydrogens is 200 g/mol. The van der Waals surface area contributed by atoms with Crippen LogP contribution in [0.25, 0.3) is 0 Å². The van der Waals surface area contributed by atoms with E-state index in [2.05, 4.69) is 0 Å². The summed E-state index contributed by atoms with van der Waals surface area (Å²) in [6.45, 7) is 5.23. The minimum Gasteiger partial charge on any atom is -0.496 e. The Kier molecular flexibility index (Phi) is 3.17. The van der Waals surface area contributed by atoms with Crippen molar-refractivity contribution in [3.05, 3.63) is 27.8 Å². The molecule has 0 unspecified atom stereocenters. The molecule has 0 fully saturated rings. The van der Waals surface area contributed by atoms with Gasteiger partial charge in [-0.3, -0.25) is 4.79 Å². The monoisotopic (exact) mass is 212 g/mol. The zero-order valence-electron chi connectivity index (χ0n) is 8.77. The van der Waals surface area contributed by atoms with Crippen LogP contribution in [0.15, 0.2) is 6.07 Å². The second-order valence-electron chi connectivity index (χ2n) is 3.27. The molecule has 1 aromatic carbocycles. The Hall–Kier alpha value is -1.02. The molecular formula is C11H13ClO2. The zero-order chi connectivity index (χ0) is 10.9. The molecule has 0 aliphatic rings. The topological polar surface area (TPSA) is 26.3 Å². The normalized spacial score (nSPS) is 10.1. The van der Waals surface area contributed by atoms with E-state index in [4.69, 9.17) is 16.3 Å². The number of Topliss-reactive ketones (excluding diaryl/α,β-unsaturated/α-hetero) is 1. The SMILES string of the molecule is COc1cc(C)c(Cl)c(C)c1C(C)=O. The summed E-state index contributed by atoms with van der Waals surface area (Å²) in [5.41, 5.74) is 2.28. The molecule has 0 saturated carbocycles. The third-order valence-electron chi connectivity index (χ3n) is 2.22. The fraction of sp³-hybridized carbons (Fsp3) is 0.364. The first-order chi connectivity index (χ1) is 6.49. The van der Waals surface area contributed by atoms with Crippen LogP contribution >= 0.6 is 11.6 Å². The number of halogens is 1. The van der Waals surface area contributed by atoms with Crippen molar-refractivity contribution in [1.82, 2.24) is 0 Å². The highest BCUT2D eigenvalue weighted by molar-refractivity contribution is 6.32. The lowest BCUT2D eigenvalue weighted by molar-refractivity contribution is 0.101. The van der Waals surface area contributed by atoms with Crippen LogP contribution in [0.4, 0.5) is 0 Å². The summed E-state index contributed by atoms with van der Waals surface area (Å²) >= 11 is 6.05. The molecule has 0 saturated heterocycles. The number of methoxy groups -OCH3 is 1. The van der Waals surface area contributed by atoms with Crippen LogP contribution in [-0.2, 0) is 0 Å². The van der Waals surface area contributed by atoms with Crippen molar-refractivity contribution in [1.29, 1.82) is 0 Å². The first-order valence-electron chi connectivity index (χ1n) is 4.33. The van der Waals surface area contributed by atoms with Gasteiger partial charge in [-0.1, -0.05) is 11.6 Å². The van der Waals surface area contributed by atoms with Crippen LogP contribution in [0.3, 0.4) is 0 Å². The molecule has 0 radical (unpaired) electrons. The van der Waals surface area contributed by atoms with Crippen molar-refractivity contribution < 1.29 is 9.53 Å². The minimum atomic E-state index is -0.0266. The Balaban J connectivity index is 3.53. The van der Waals surface area contributed by atoms with Gasteiger partial charge in [0.1, 0.15) is 5.75 Å². The minimum absolute atomic E-state index is 0.0266. The van der Waals surface area contributed by atoms with Gasteiger partial charge in [0, 0.05) is 5.02 Å². The third-order valence-corrected chi connectivity index (χ3v) is 2.80. The molecule has 1 rings (SSSR count). The van der Waals surface area contributed by atoms with Crippen molar-refractivity contribution in [3.63, 3.8) is 0 Å². The van der Waals surface area contributed by atoms with E-state index >= 15 is 0 Å². The molecule has 76 valence electrons. The Morgan fingerprint density at radius 1 is 1.43 bits per heavy atom. The largest absolute Gasteiger partial charge is 0.496 e. The van der Waals surface area contributed by atoms with E-state index in [1.165, 1.54) is 6.92 Å². The van der Waals surface area contributed by atoms with Gasteiger partial charge in [-0.2, -0.15) is 0 Å². The van der Waals surface area contributed by atoms with E-state index in [0.717, 1.165) is 11.1 Å². The molecule has 0 aliphatic carbocycles. The fourth-order valence-corrected chi connectivity index (χ4v) is 1.67. The maximum absolute atomic E-state index is 11.4. The number of aryl methyl sites for hydroxylation is 1. The summed E-state index contributed by atoms with van der Waals surface area (Å²) in [6, 6.07) is 1.78. The van der Waals surface area contributed by atoms with Crippen molar-refractivity contribution >= 4 is 17.4 Å². The van der Waals surface area contributed by atoms with Gasteiger partial charge >= 0.3 is 0 Å². The summed E-state index contributed by atoms with van der Waals surface area (Å²) in [6.07, 6.45) is 0. The Morgan fingerprint density at radius 3 is 2.43 bits per heavy atom. The first kappa shape index (κ1) is 11.1. The standard InChI is InChI=1S/C11H13ClO2/c1-6-5-9(14-4)10(8(3)13)7(2)11(6)12/h5H,1-4H3. The van der Waals surface area contributed by atoms with Crippen LogP contribution in [-0.4, -0.2) is 12.9 Å². The lowest BCUT2D eigenvalue weighted by Gasteiger charge is -2.12. The van der Waals surface area contributed by atoms with E-state index in [9.17, 15) is 4.79 Å². The smallest absolute Gasteiger partial charge is 0.163 e. The predicted octanol–water partition coefficient (Wildman–Crippen LogP) is 3.17. The van der Waals surface area contributed by atoms with Crippen molar-refractivity contribution in [2.45, 2.75) is 20.8 Å². The Morgan fingerprint density at radius 2 is 2.00 bits per heavy atom. The Labute approximate surface area is 88.8 Å². The van der Waals surface area contributed by atoms with Crippen LogP contribution in [0.2, 0.25) is 5.02 Å². The number of carbonyl (C=O) groups excluding carboxylic acids is 1. The lowest BCUT2D eigenvalue weighted by Crippen LogP contribution is -2.02. The number of hydrogen-bond acceptors (Lipinski definition) is 2. The van der Waals surface area contributed by atoms with Crippen molar-refractivity contribution in [2.75, 3.05) is 7.11 Å². The van der Waals surface area contributed by atoms with Crippen molar-refractivity contribution in [3.8, 4) is 5.75 Å². The highest BCUT2D eigenvalue weighted by Gasteiger charge is 2.15. The number of ketones is 1. The maximum atomic E-state index is 11.4. The zero-order valence-corrected chi connectivity index (χ0v) is 9.53. The summed E-state index contributed by atoms with van der Waals surface area (Å²) < 4.78 is 5.14. The van der Waals surface area contributed by atoms with Crippen LogP contribution < -0.4 is 4.74 Å². The van der Waals surface area contributed by atoms with Gasteiger partial charge in [0.05, 0.1) is 12.7 Å². The van der Waals surface area contributed by atoms with Gasteiger partial charge in [-0.15, -0.1) is 0 Å². The summed E-state index contributed by atoms with van der Waals surface area (Å²) in [7, 11) is 1.55.